The number of hydrogen-bond acceptors (Lipinski definition) is 3. The lowest BCUT2D eigenvalue weighted by molar-refractivity contribution is 0.251. The van der Waals surface area contributed by atoms with Crippen LogP contribution >= 0.6 is 0 Å². The van der Waals surface area contributed by atoms with Crippen LogP contribution in [0.5, 0.6) is 0 Å². The van der Waals surface area contributed by atoms with Crippen LogP contribution in [0.4, 0.5) is 10.5 Å². The third-order valence-electron chi connectivity index (χ3n) is 3.54. The number of benzene rings is 2. The highest BCUT2D eigenvalue weighted by molar-refractivity contribution is 5.89. The van der Waals surface area contributed by atoms with Crippen molar-refractivity contribution in [1.29, 1.82) is 5.26 Å². The number of nitrogens with one attached hydrogen (secondary N) is 2. The van der Waals surface area contributed by atoms with Crippen LogP contribution in [0.2, 0.25) is 0 Å². The number of urea groups is 1. The molecule has 0 spiro atoms. The monoisotopic (exact) mass is 305 g/mol. The van der Waals surface area contributed by atoms with Crippen LogP contribution in [0.3, 0.4) is 0 Å². The molecule has 1 heterocycles. The Bertz CT molecular complexity index is 907. The Hall–Kier alpha value is -3.33. The molecule has 0 saturated carbocycles. The Kier molecular flexibility index (Phi) is 3.93. The maximum Gasteiger partial charge on any atom is 0.319 e. The van der Waals surface area contributed by atoms with Crippen molar-refractivity contribution < 1.29 is 4.79 Å². The van der Waals surface area contributed by atoms with Crippen molar-refractivity contribution in [2.45, 2.75) is 6.54 Å². The molecule has 2 aromatic carbocycles. The second-order valence-electron chi connectivity index (χ2n) is 5.08. The number of fused-ring (bicyclic) bond motifs is 1. The van der Waals surface area contributed by atoms with E-state index in [1.807, 2.05) is 41.9 Å². The van der Waals surface area contributed by atoms with Gasteiger partial charge in [0.05, 0.1) is 29.2 Å². The SMILES string of the molecule is Cn1c(CNC(=O)Nc2cccc(C#N)c2)nc2ccccc21. The molecule has 0 radical (unpaired) electrons. The van der Waals surface area contributed by atoms with Crippen molar-refractivity contribution in [2.75, 3.05) is 5.32 Å². The molecule has 3 rings (SSSR count). The van der Waals surface area contributed by atoms with Crippen molar-refractivity contribution in [3.63, 3.8) is 0 Å². The van der Waals surface area contributed by atoms with Gasteiger partial charge >= 0.3 is 6.03 Å². The third-order valence-corrected chi connectivity index (χ3v) is 3.54. The minimum Gasteiger partial charge on any atom is -0.331 e. The van der Waals surface area contributed by atoms with E-state index in [9.17, 15) is 4.79 Å². The van der Waals surface area contributed by atoms with Gasteiger partial charge in [-0.1, -0.05) is 18.2 Å². The van der Waals surface area contributed by atoms with Crippen LogP contribution in [0.1, 0.15) is 11.4 Å². The fraction of sp³-hybridized carbons (Fsp3) is 0.118. The first kappa shape index (κ1) is 14.6. The second-order valence-corrected chi connectivity index (χ2v) is 5.08. The topological polar surface area (TPSA) is 82.7 Å². The molecule has 0 saturated heterocycles. The Balaban J connectivity index is 1.66. The zero-order valence-corrected chi connectivity index (χ0v) is 12.6. The number of aryl methyl sites for hydroxylation is 1. The quantitative estimate of drug-likeness (QED) is 0.780. The summed E-state index contributed by atoms with van der Waals surface area (Å²) in [6.45, 7) is 0.314. The molecule has 6 nitrogen and oxygen atoms in total. The van der Waals surface area contributed by atoms with Gasteiger partial charge in [0.1, 0.15) is 5.82 Å². The van der Waals surface area contributed by atoms with Gasteiger partial charge in [0.15, 0.2) is 0 Å². The summed E-state index contributed by atoms with van der Waals surface area (Å²) < 4.78 is 1.95. The first-order valence-corrected chi connectivity index (χ1v) is 7.13. The van der Waals surface area contributed by atoms with Gasteiger partial charge in [0.25, 0.3) is 0 Å². The Morgan fingerprint density at radius 2 is 2.09 bits per heavy atom. The number of rotatable bonds is 3. The molecule has 1 aromatic heterocycles. The smallest absolute Gasteiger partial charge is 0.319 e. The molecule has 0 aliphatic carbocycles. The molecular formula is C17H15N5O. The number of carbonyl (C=O) groups is 1. The van der Waals surface area contributed by atoms with E-state index in [1.165, 1.54) is 0 Å². The molecule has 23 heavy (non-hydrogen) atoms. The summed E-state index contributed by atoms with van der Waals surface area (Å²) in [5.41, 5.74) is 2.99. The molecule has 2 N–H and O–H groups in total. The van der Waals surface area contributed by atoms with Crippen molar-refractivity contribution in [2.24, 2.45) is 7.05 Å². The first-order valence-electron chi connectivity index (χ1n) is 7.13. The number of aromatic nitrogens is 2. The molecule has 0 atom stereocenters. The summed E-state index contributed by atoms with van der Waals surface area (Å²) >= 11 is 0. The maximum absolute atomic E-state index is 12.0. The summed E-state index contributed by atoms with van der Waals surface area (Å²) in [7, 11) is 1.92. The molecular weight excluding hydrogens is 290 g/mol. The van der Waals surface area contributed by atoms with Crippen LogP contribution in [-0.2, 0) is 13.6 Å². The maximum atomic E-state index is 12.0. The van der Waals surface area contributed by atoms with Crippen LogP contribution in [0.15, 0.2) is 48.5 Å². The van der Waals surface area contributed by atoms with E-state index in [-0.39, 0.29) is 6.03 Å². The van der Waals surface area contributed by atoms with Gasteiger partial charge < -0.3 is 15.2 Å². The summed E-state index contributed by atoms with van der Waals surface area (Å²) in [6.07, 6.45) is 0. The fourth-order valence-corrected chi connectivity index (χ4v) is 2.35. The number of para-hydroxylation sites is 2. The van der Waals surface area contributed by atoms with Gasteiger partial charge in [-0.3, -0.25) is 0 Å². The van der Waals surface area contributed by atoms with Crippen LogP contribution in [-0.4, -0.2) is 15.6 Å². The number of imidazole rings is 1. The van der Waals surface area contributed by atoms with E-state index in [0.29, 0.717) is 17.8 Å². The van der Waals surface area contributed by atoms with Gasteiger partial charge in [0, 0.05) is 12.7 Å². The average molecular weight is 305 g/mol. The molecule has 0 aliphatic rings. The van der Waals surface area contributed by atoms with Crippen molar-refractivity contribution >= 4 is 22.8 Å². The lowest BCUT2D eigenvalue weighted by Gasteiger charge is -2.08. The molecule has 114 valence electrons. The van der Waals surface area contributed by atoms with Crippen LogP contribution in [0, 0.1) is 11.3 Å². The summed E-state index contributed by atoms with van der Waals surface area (Å²) in [6, 6.07) is 16.3. The number of nitriles is 1. The normalized spacial score (nSPS) is 10.3. The van der Waals surface area contributed by atoms with Crippen molar-refractivity contribution in [3.05, 3.63) is 59.9 Å². The number of anilines is 1. The molecule has 2 amide bonds. The molecule has 3 aromatic rings. The molecule has 0 fully saturated rings. The molecule has 0 bridgehead atoms. The largest absolute Gasteiger partial charge is 0.331 e. The minimum atomic E-state index is -0.341. The Labute approximate surface area is 133 Å². The Morgan fingerprint density at radius 3 is 2.87 bits per heavy atom. The standard InChI is InChI=1S/C17H15N5O/c1-22-15-8-3-2-7-14(15)21-16(22)11-19-17(23)20-13-6-4-5-12(9-13)10-18/h2-9H,11H2,1H3,(H2,19,20,23). The van der Waals surface area contributed by atoms with Gasteiger partial charge in [-0.25, -0.2) is 9.78 Å². The predicted octanol–water partition coefficient (Wildman–Crippen LogP) is 2.77. The van der Waals surface area contributed by atoms with Gasteiger partial charge in [-0.05, 0) is 30.3 Å². The van der Waals surface area contributed by atoms with E-state index in [1.54, 1.807) is 24.3 Å². The van der Waals surface area contributed by atoms with E-state index < -0.39 is 0 Å². The molecule has 0 unspecified atom stereocenters. The number of nitrogens with zero attached hydrogens (tertiary/aromatic N) is 3. The van der Waals surface area contributed by atoms with Gasteiger partial charge in [0.2, 0.25) is 0 Å². The highest BCUT2D eigenvalue weighted by Gasteiger charge is 2.08. The summed E-state index contributed by atoms with van der Waals surface area (Å²) in [4.78, 5) is 16.5. The van der Waals surface area contributed by atoms with E-state index >= 15 is 0 Å². The van der Waals surface area contributed by atoms with Gasteiger partial charge in [-0.15, -0.1) is 0 Å². The van der Waals surface area contributed by atoms with Crippen molar-refractivity contribution in [3.8, 4) is 6.07 Å². The summed E-state index contributed by atoms with van der Waals surface area (Å²) in [5, 5.41) is 14.3. The summed E-state index contributed by atoms with van der Waals surface area (Å²) in [5.74, 6) is 0.770. The zero-order chi connectivity index (χ0) is 16.2. The minimum absolute atomic E-state index is 0.314. The number of hydrogen-bond donors (Lipinski definition) is 2. The lowest BCUT2D eigenvalue weighted by atomic mass is 10.2. The molecule has 6 heteroatoms. The van der Waals surface area contributed by atoms with E-state index in [4.69, 9.17) is 5.26 Å². The van der Waals surface area contributed by atoms with Crippen LogP contribution in [0.25, 0.3) is 11.0 Å². The lowest BCUT2D eigenvalue weighted by Crippen LogP contribution is -2.29. The fourth-order valence-electron chi connectivity index (χ4n) is 2.35. The van der Waals surface area contributed by atoms with Crippen LogP contribution < -0.4 is 10.6 Å². The van der Waals surface area contributed by atoms with E-state index in [2.05, 4.69) is 15.6 Å². The highest BCUT2D eigenvalue weighted by atomic mass is 16.2. The molecule has 0 aliphatic heterocycles. The Morgan fingerprint density at radius 1 is 1.26 bits per heavy atom. The highest BCUT2D eigenvalue weighted by Crippen LogP contribution is 2.14. The van der Waals surface area contributed by atoms with Crippen molar-refractivity contribution in [1.82, 2.24) is 14.9 Å². The predicted molar refractivity (Wildman–Crippen MR) is 87.7 cm³/mol. The van der Waals surface area contributed by atoms with Gasteiger partial charge in [-0.2, -0.15) is 5.26 Å². The second kappa shape index (κ2) is 6.20. The average Bonchev–Trinajstić information content (AvgIpc) is 2.90. The first-order chi connectivity index (χ1) is 11.2. The number of carbonyl (C=O) groups excluding carboxylic acids is 1. The van der Waals surface area contributed by atoms with E-state index in [0.717, 1.165) is 16.9 Å². The zero-order valence-electron chi connectivity index (χ0n) is 12.6. The third kappa shape index (κ3) is 3.14. The number of amides is 2.